The van der Waals surface area contributed by atoms with E-state index in [0.717, 1.165) is 29.9 Å². The lowest BCUT2D eigenvalue weighted by molar-refractivity contribution is 0.249. The van der Waals surface area contributed by atoms with Crippen LogP contribution in [0.15, 0.2) is 78.9 Å². The molecule has 2 amide bonds. The zero-order valence-corrected chi connectivity index (χ0v) is 17.7. The van der Waals surface area contributed by atoms with E-state index in [4.69, 9.17) is 0 Å². The fourth-order valence-corrected chi connectivity index (χ4v) is 4.06. The molecule has 4 aromatic rings. The average Bonchev–Trinajstić information content (AvgIpc) is 3.45. The maximum absolute atomic E-state index is 12.8. The van der Waals surface area contributed by atoms with Crippen molar-refractivity contribution in [2.24, 2.45) is 0 Å². The highest BCUT2D eigenvalue weighted by atomic mass is 16.2. The minimum absolute atomic E-state index is 0.319. The number of benzene rings is 3. The second kappa shape index (κ2) is 8.55. The first-order valence-corrected chi connectivity index (χ1v) is 10.6. The minimum atomic E-state index is -0.457. The van der Waals surface area contributed by atoms with E-state index < -0.39 is 6.04 Å². The van der Waals surface area contributed by atoms with E-state index in [-0.39, 0.29) is 6.03 Å². The summed E-state index contributed by atoms with van der Waals surface area (Å²) in [6.45, 7) is 2.79. The van der Waals surface area contributed by atoms with Crippen molar-refractivity contribution in [3.05, 3.63) is 102 Å². The Morgan fingerprint density at radius 3 is 2.50 bits per heavy atom. The second-order valence-electron chi connectivity index (χ2n) is 7.80. The van der Waals surface area contributed by atoms with Gasteiger partial charge in [0.25, 0.3) is 0 Å². The number of aryl methyl sites for hydroxylation is 1. The van der Waals surface area contributed by atoms with Crippen molar-refractivity contribution in [2.75, 3.05) is 16.8 Å². The molecular weight excluding hydrogens is 400 g/mol. The first-order valence-electron chi connectivity index (χ1n) is 10.6. The number of nitrogens with one attached hydrogen (secondary N) is 3. The van der Waals surface area contributed by atoms with Gasteiger partial charge in [-0.2, -0.15) is 5.10 Å². The summed E-state index contributed by atoms with van der Waals surface area (Å²) in [6.07, 6.45) is 1.04. The SMILES string of the molecule is Cc1nc(C(NC(=O)Nc2ccc(N3CCc4ccccc43)cc2)c2ccccc2)n[nH]1. The quantitative estimate of drug-likeness (QED) is 0.433. The molecule has 160 valence electrons. The Bertz CT molecular complexity index is 1220. The zero-order valence-electron chi connectivity index (χ0n) is 17.7. The van der Waals surface area contributed by atoms with Crippen molar-refractivity contribution >= 4 is 23.1 Å². The van der Waals surface area contributed by atoms with Crippen LogP contribution < -0.4 is 15.5 Å². The van der Waals surface area contributed by atoms with Gasteiger partial charge < -0.3 is 15.5 Å². The molecule has 3 N–H and O–H groups in total. The van der Waals surface area contributed by atoms with Crippen LogP contribution in [0.25, 0.3) is 0 Å². The van der Waals surface area contributed by atoms with Crippen molar-refractivity contribution in [2.45, 2.75) is 19.4 Å². The number of anilines is 3. The molecule has 0 radical (unpaired) electrons. The molecule has 0 aliphatic carbocycles. The molecular formula is C25H24N6O. The van der Waals surface area contributed by atoms with Crippen molar-refractivity contribution in [3.63, 3.8) is 0 Å². The zero-order chi connectivity index (χ0) is 21.9. The number of amides is 2. The van der Waals surface area contributed by atoms with Gasteiger partial charge in [-0.1, -0.05) is 48.5 Å². The van der Waals surface area contributed by atoms with Crippen LogP contribution in [0, 0.1) is 6.92 Å². The molecule has 2 heterocycles. The molecule has 1 aromatic heterocycles. The summed E-state index contributed by atoms with van der Waals surface area (Å²) in [5.74, 6) is 1.22. The average molecular weight is 425 g/mol. The molecule has 1 atom stereocenters. The summed E-state index contributed by atoms with van der Waals surface area (Å²) in [6, 6.07) is 25.3. The van der Waals surface area contributed by atoms with Crippen molar-refractivity contribution in [1.29, 1.82) is 0 Å². The summed E-state index contributed by atoms with van der Waals surface area (Å²) in [5.41, 5.74) is 5.35. The van der Waals surface area contributed by atoms with Crippen LogP contribution in [0.2, 0.25) is 0 Å². The summed E-state index contributed by atoms with van der Waals surface area (Å²) in [4.78, 5) is 19.5. The first kappa shape index (κ1) is 19.8. The monoisotopic (exact) mass is 424 g/mol. The summed E-state index contributed by atoms with van der Waals surface area (Å²) >= 11 is 0. The van der Waals surface area contributed by atoms with E-state index in [1.165, 1.54) is 11.3 Å². The Morgan fingerprint density at radius 2 is 1.75 bits per heavy atom. The van der Waals surface area contributed by atoms with Crippen LogP contribution in [0.4, 0.5) is 21.9 Å². The second-order valence-corrected chi connectivity index (χ2v) is 7.80. The van der Waals surface area contributed by atoms with Gasteiger partial charge in [-0.25, -0.2) is 9.78 Å². The van der Waals surface area contributed by atoms with Crippen LogP contribution >= 0.6 is 0 Å². The lowest BCUT2D eigenvalue weighted by Gasteiger charge is -2.20. The number of nitrogens with zero attached hydrogens (tertiary/aromatic N) is 3. The van der Waals surface area contributed by atoms with Gasteiger partial charge in [0.05, 0.1) is 0 Å². The summed E-state index contributed by atoms with van der Waals surface area (Å²) in [7, 11) is 0. The Morgan fingerprint density at radius 1 is 1.00 bits per heavy atom. The third-order valence-electron chi connectivity index (χ3n) is 5.61. The number of H-pyrrole nitrogens is 1. The van der Waals surface area contributed by atoms with Crippen molar-refractivity contribution in [1.82, 2.24) is 20.5 Å². The molecule has 7 heteroatoms. The minimum Gasteiger partial charge on any atom is -0.341 e. The smallest absolute Gasteiger partial charge is 0.320 e. The maximum atomic E-state index is 12.8. The number of aromatic nitrogens is 3. The highest BCUT2D eigenvalue weighted by Crippen LogP contribution is 2.34. The molecule has 1 unspecified atom stereocenters. The Kier molecular flexibility index (Phi) is 5.29. The van der Waals surface area contributed by atoms with Crippen molar-refractivity contribution < 1.29 is 4.79 Å². The van der Waals surface area contributed by atoms with Gasteiger partial charge in [-0.05, 0) is 54.8 Å². The molecule has 0 saturated carbocycles. The summed E-state index contributed by atoms with van der Waals surface area (Å²) in [5, 5.41) is 13.0. The third-order valence-corrected chi connectivity index (χ3v) is 5.61. The predicted molar refractivity (Wildman–Crippen MR) is 125 cm³/mol. The van der Waals surface area contributed by atoms with Crippen LogP contribution in [-0.2, 0) is 6.42 Å². The van der Waals surface area contributed by atoms with E-state index in [1.54, 1.807) is 0 Å². The predicted octanol–water partition coefficient (Wildman–Crippen LogP) is 4.72. The maximum Gasteiger partial charge on any atom is 0.320 e. The lowest BCUT2D eigenvalue weighted by atomic mass is 10.1. The van der Waals surface area contributed by atoms with Gasteiger partial charge in [0.1, 0.15) is 11.9 Å². The van der Waals surface area contributed by atoms with Crippen molar-refractivity contribution in [3.8, 4) is 0 Å². The van der Waals surface area contributed by atoms with Crippen LogP contribution in [0.1, 0.15) is 28.8 Å². The Balaban J connectivity index is 1.29. The molecule has 0 spiro atoms. The fraction of sp³-hybridized carbons (Fsp3) is 0.160. The van der Waals surface area contributed by atoms with Gasteiger partial charge in [-0.15, -0.1) is 0 Å². The van der Waals surface area contributed by atoms with Gasteiger partial charge in [-0.3, -0.25) is 5.10 Å². The molecule has 0 bridgehead atoms. The molecule has 0 fully saturated rings. The van der Waals surface area contributed by atoms with Crippen LogP contribution in [0.5, 0.6) is 0 Å². The largest absolute Gasteiger partial charge is 0.341 e. The number of fused-ring (bicyclic) bond motifs is 1. The van der Waals surface area contributed by atoms with Gasteiger partial charge >= 0.3 is 6.03 Å². The number of hydrogen-bond donors (Lipinski definition) is 3. The van der Waals surface area contributed by atoms with Crippen LogP contribution in [0.3, 0.4) is 0 Å². The standard InChI is InChI=1S/C25H24N6O/c1-17-26-24(30-29-17)23(19-8-3-2-4-9-19)28-25(32)27-20-11-13-21(14-12-20)31-16-15-18-7-5-6-10-22(18)31/h2-14,23H,15-16H2,1H3,(H,26,29,30)(H2,27,28,32). The molecule has 0 saturated heterocycles. The first-order chi connectivity index (χ1) is 15.7. The number of urea groups is 1. The highest BCUT2D eigenvalue weighted by molar-refractivity contribution is 5.90. The molecule has 1 aliphatic rings. The van der Waals surface area contributed by atoms with E-state index in [2.05, 4.69) is 55.0 Å². The molecule has 3 aromatic carbocycles. The van der Waals surface area contributed by atoms with E-state index in [9.17, 15) is 4.79 Å². The fourth-order valence-electron chi connectivity index (χ4n) is 4.06. The highest BCUT2D eigenvalue weighted by Gasteiger charge is 2.22. The van der Waals surface area contributed by atoms with Crippen LogP contribution in [-0.4, -0.2) is 27.8 Å². The number of hydrogen-bond acceptors (Lipinski definition) is 4. The van der Waals surface area contributed by atoms with Gasteiger partial charge in [0.2, 0.25) is 0 Å². The lowest BCUT2D eigenvalue weighted by Crippen LogP contribution is -2.33. The molecule has 7 nitrogen and oxygen atoms in total. The molecule has 32 heavy (non-hydrogen) atoms. The number of aromatic amines is 1. The Hall–Kier alpha value is -4.13. The number of carbonyl (C=O) groups is 1. The third kappa shape index (κ3) is 4.05. The number of rotatable bonds is 5. The summed E-state index contributed by atoms with van der Waals surface area (Å²) < 4.78 is 0. The molecule has 1 aliphatic heterocycles. The normalized spacial score (nSPS) is 13.5. The Labute approximate surface area is 186 Å². The topological polar surface area (TPSA) is 85.9 Å². The van der Waals surface area contributed by atoms with Gasteiger partial charge in [0.15, 0.2) is 5.82 Å². The van der Waals surface area contributed by atoms with Gasteiger partial charge in [0, 0.05) is 23.6 Å². The van der Waals surface area contributed by atoms with E-state index in [0.29, 0.717) is 11.6 Å². The van der Waals surface area contributed by atoms with E-state index in [1.807, 2.05) is 61.5 Å². The number of carbonyl (C=O) groups excluding carboxylic acids is 1. The van der Waals surface area contributed by atoms with E-state index >= 15 is 0 Å². The number of para-hydroxylation sites is 1. The molecule has 5 rings (SSSR count).